The molecular formula is C18H28N2O. The molecule has 1 aliphatic carbocycles. The fraction of sp³-hybridized carbons (Fsp3) is 0.611. The first-order valence-corrected chi connectivity index (χ1v) is 7.99. The highest BCUT2D eigenvalue weighted by atomic mass is 16.2. The minimum Gasteiger partial charge on any atom is -0.338 e. The summed E-state index contributed by atoms with van der Waals surface area (Å²) in [6.07, 6.45) is 1.61. The maximum absolute atomic E-state index is 12.8. The first-order valence-electron chi connectivity index (χ1n) is 7.99. The van der Waals surface area contributed by atoms with Gasteiger partial charge in [0.2, 0.25) is 5.91 Å². The maximum Gasteiger partial charge on any atom is 0.223 e. The summed E-state index contributed by atoms with van der Waals surface area (Å²) < 4.78 is 0. The van der Waals surface area contributed by atoms with Crippen molar-refractivity contribution in [2.24, 2.45) is 11.7 Å². The number of benzene rings is 1. The molecule has 1 aliphatic rings. The van der Waals surface area contributed by atoms with Crippen molar-refractivity contribution < 1.29 is 4.79 Å². The van der Waals surface area contributed by atoms with E-state index in [4.69, 9.17) is 5.73 Å². The predicted octanol–water partition coefficient (Wildman–Crippen LogP) is 2.94. The van der Waals surface area contributed by atoms with Crippen LogP contribution >= 0.6 is 0 Å². The smallest absolute Gasteiger partial charge is 0.223 e. The van der Waals surface area contributed by atoms with Crippen LogP contribution in [0.25, 0.3) is 0 Å². The van der Waals surface area contributed by atoms with Crippen LogP contribution in [0.4, 0.5) is 0 Å². The molecule has 0 aromatic heterocycles. The Morgan fingerprint density at radius 2 is 1.81 bits per heavy atom. The second-order valence-corrected chi connectivity index (χ2v) is 6.82. The van der Waals surface area contributed by atoms with Gasteiger partial charge in [-0.1, -0.05) is 30.3 Å². The van der Waals surface area contributed by atoms with Gasteiger partial charge < -0.3 is 10.6 Å². The van der Waals surface area contributed by atoms with Gasteiger partial charge in [0.25, 0.3) is 0 Å². The lowest BCUT2D eigenvalue weighted by Crippen LogP contribution is -2.43. The zero-order valence-electron chi connectivity index (χ0n) is 13.7. The van der Waals surface area contributed by atoms with E-state index < -0.39 is 0 Å². The van der Waals surface area contributed by atoms with Crippen LogP contribution in [0.3, 0.4) is 0 Å². The van der Waals surface area contributed by atoms with Gasteiger partial charge in [0.05, 0.1) is 0 Å². The number of nitrogens with zero attached hydrogens (tertiary/aromatic N) is 1. The Balaban J connectivity index is 2.20. The third-order valence-electron chi connectivity index (χ3n) is 4.73. The Hall–Kier alpha value is -1.35. The van der Waals surface area contributed by atoms with Crippen LogP contribution in [0, 0.1) is 5.92 Å². The Morgan fingerprint density at radius 1 is 1.24 bits per heavy atom. The fourth-order valence-electron chi connectivity index (χ4n) is 3.67. The van der Waals surface area contributed by atoms with Crippen LogP contribution in [0.2, 0.25) is 0 Å². The number of carbonyl (C=O) groups is 1. The molecule has 0 aliphatic heterocycles. The fourth-order valence-corrected chi connectivity index (χ4v) is 3.67. The molecular weight excluding hydrogens is 260 g/mol. The first kappa shape index (κ1) is 16.0. The predicted molar refractivity (Wildman–Crippen MR) is 87.0 cm³/mol. The van der Waals surface area contributed by atoms with Crippen molar-refractivity contribution in [3.63, 3.8) is 0 Å². The van der Waals surface area contributed by atoms with Crippen molar-refractivity contribution in [3.8, 4) is 0 Å². The van der Waals surface area contributed by atoms with Crippen LogP contribution in [-0.2, 0) is 10.2 Å². The van der Waals surface area contributed by atoms with Gasteiger partial charge in [-0.2, -0.15) is 0 Å². The Labute approximate surface area is 128 Å². The first-order chi connectivity index (χ1) is 9.92. The summed E-state index contributed by atoms with van der Waals surface area (Å²) in [5.74, 6) is 0.685. The van der Waals surface area contributed by atoms with E-state index in [0.717, 1.165) is 6.42 Å². The van der Waals surface area contributed by atoms with Gasteiger partial charge in [-0.25, -0.2) is 0 Å². The highest BCUT2D eigenvalue weighted by molar-refractivity contribution is 5.79. The quantitative estimate of drug-likeness (QED) is 0.875. The number of hydrogen-bond acceptors (Lipinski definition) is 2. The molecule has 1 aromatic rings. The molecule has 1 fully saturated rings. The van der Waals surface area contributed by atoms with Crippen LogP contribution in [-0.4, -0.2) is 29.4 Å². The second kappa shape index (κ2) is 6.18. The van der Waals surface area contributed by atoms with Crippen molar-refractivity contribution in [2.45, 2.75) is 58.0 Å². The number of carbonyl (C=O) groups excluding carboxylic acids is 1. The molecule has 1 amide bonds. The number of rotatable bonds is 6. The van der Waals surface area contributed by atoms with E-state index in [-0.39, 0.29) is 23.4 Å². The second-order valence-electron chi connectivity index (χ2n) is 6.82. The van der Waals surface area contributed by atoms with Crippen molar-refractivity contribution in [1.29, 1.82) is 0 Å². The van der Waals surface area contributed by atoms with E-state index in [0.29, 0.717) is 18.9 Å². The average molecular weight is 288 g/mol. The third kappa shape index (κ3) is 3.13. The zero-order valence-corrected chi connectivity index (χ0v) is 13.7. The molecule has 0 bridgehead atoms. The van der Waals surface area contributed by atoms with Crippen LogP contribution in [0.5, 0.6) is 0 Å². The molecule has 0 radical (unpaired) electrons. The Kier molecular flexibility index (Phi) is 4.72. The summed E-state index contributed by atoms with van der Waals surface area (Å²) >= 11 is 0. The monoisotopic (exact) mass is 288 g/mol. The zero-order chi connectivity index (χ0) is 15.6. The molecule has 2 N–H and O–H groups in total. The normalized spacial score (nSPS) is 24.4. The van der Waals surface area contributed by atoms with Gasteiger partial charge in [0.1, 0.15) is 0 Å². The van der Waals surface area contributed by atoms with Crippen molar-refractivity contribution in [1.82, 2.24) is 4.90 Å². The lowest BCUT2D eigenvalue weighted by Gasteiger charge is -2.32. The van der Waals surface area contributed by atoms with E-state index in [1.54, 1.807) is 0 Å². The van der Waals surface area contributed by atoms with E-state index in [1.165, 1.54) is 5.56 Å². The number of amides is 1. The molecule has 116 valence electrons. The molecule has 2 unspecified atom stereocenters. The molecule has 0 heterocycles. The van der Waals surface area contributed by atoms with Crippen molar-refractivity contribution >= 4 is 5.91 Å². The van der Waals surface area contributed by atoms with Gasteiger partial charge in [0.15, 0.2) is 0 Å². The molecule has 3 heteroatoms. The van der Waals surface area contributed by atoms with Gasteiger partial charge in [0, 0.05) is 23.9 Å². The Bertz CT molecular complexity index is 475. The molecule has 1 saturated carbocycles. The van der Waals surface area contributed by atoms with Gasteiger partial charge in [-0.15, -0.1) is 0 Å². The highest BCUT2D eigenvalue weighted by Gasteiger charge is 2.55. The summed E-state index contributed by atoms with van der Waals surface area (Å²) in [7, 11) is 0. The summed E-state index contributed by atoms with van der Waals surface area (Å²) in [4.78, 5) is 14.8. The van der Waals surface area contributed by atoms with E-state index in [1.807, 2.05) is 11.0 Å². The minimum absolute atomic E-state index is 0.0326. The number of hydrogen-bond donors (Lipinski definition) is 1. The lowest BCUT2D eigenvalue weighted by molar-refractivity contribution is -0.135. The van der Waals surface area contributed by atoms with Gasteiger partial charge in [-0.05, 0) is 52.1 Å². The van der Waals surface area contributed by atoms with Gasteiger partial charge in [-0.3, -0.25) is 4.79 Å². The standard InChI is InChI=1S/C18H28N2O/c1-13(2)20(14(3)4)17(21)11-18(10-16(18)12-19)15-8-6-5-7-9-15/h5-9,13-14,16H,10-12,19H2,1-4H3. The lowest BCUT2D eigenvalue weighted by atomic mass is 9.88. The largest absolute Gasteiger partial charge is 0.338 e. The summed E-state index contributed by atoms with van der Waals surface area (Å²) in [6.45, 7) is 8.99. The molecule has 21 heavy (non-hydrogen) atoms. The molecule has 2 rings (SSSR count). The van der Waals surface area contributed by atoms with E-state index in [2.05, 4.69) is 52.0 Å². The van der Waals surface area contributed by atoms with Crippen molar-refractivity contribution in [3.05, 3.63) is 35.9 Å². The molecule has 3 nitrogen and oxygen atoms in total. The maximum atomic E-state index is 12.8. The summed E-state index contributed by atoms with van der Waals surface area (Å²) in [5.41, 5.74) is 7.13. The molecule has 1 aromatic carbocycles. The summed E-state index contributed by atoms with van der Waals surface area (Å²) in [5, 5.41) is 0. The molecule has 0 spiro atoms. The minimum atomic E-state index is -0.0326. The summed E-state index contributed by atoms with van der Waals surface area (Å²) in [6, 6.07) is 10.9. The highest BCUT2D eigenvalue weighted by Crippen LogP contribution is 2.56. The average Bonchev–Trinajstić information content (AvgIpc) is 3.13. The van der Waals surface area contributed by atoms with E-state index in [9.17, 15) is 4.79 Å². The van der Waals surface area contributed by atoms with Crippen LogP contribution in [0.15, 0.2) is 30.3 Å². The van der Waals surface area contributed by atoms with E-state index >= 15 is 0 Å². The Morgan fingerprint density at radius 3 is 2.24 bits per heavy atom. The molecule has 0 saturated heterocycles. The third-order valence-corrected chi connectivity index (χ3v) is 4.73. The SMILES string of the molecule is CC(C)N(C(=O)CC1(c2ccccc2)CC1CN)C(C)C. The van der Waals surface area contributed by atoms with Crippen LogP contribution < -0.4 is 5.73 Å². The molecule has 2 atom stereocenters. The van der Waals surface area contributed by atoms with Crippen molar-refractivity contribution in [2.75, 3.05) is 6.54 Å². The number of nitrogens with two attached hydrogens (primary N) is 1. The van der Waals surface area contributed by atoms with Gasteiger partial charge >= 0.3 is 0 Å². The topological polar surface area (TPSA) is 46.3 Å². The van der Waals surface area contributed by atoms with Crippen LogP contribution in [0.1, 0.15) is 46.1 Å².